The lowest BCUT2D eigenvalue weighted by molar-refractivity contribution is -0.114. The molecule has 6 heteroatoms. The molecule has 2 aromatic carbocycles. The molecule has 0 aliphatic rings. The summed E-state index contributed by atoms with van der Waals surface area (Å²) in [6.45, 7) is 1.56. The van der Waals surface area contributed by atoms with Gasteiger partial charge >= 0.3 is 0 Å². The van der Waals surface area contributed by atoms with E-state index in [1.54, 1.807) is 49.6 Å². The van der Waals surface area contributed by atoms with E-state index in [0.717, 1.165) is 0 Å². The second-order valence-corrected chi connectivity index (χ2v) is 5.10. The zero-order valence-electron chi connectivity index (χ0n) is 13.9. The minimum Gasteiger partial charge on any atom is -0.497 e. The molecule has 126 valence electrons. The van der Waals surface area contributed by atoms with Crippen molar-refractivity contribution in [2.75, 3.05) is 31.4 Å². The lowest BCUT2D eigenvalue weighted by Crippen LogP contribution is -2.22. The summed E-state index contributed by atoms with van der Waals surface area (Å²) in [5.41, 5.74) is 1.83. The number of methoxy groups -OCH3 is 2. The van der Waals surface area contributed by atoms with E-state index in [2.05, 4.69) is 10.6 Å². The molecule has 2 N–H and O–H groups in total. The Morgan fingerprint density at radius 2 is 1.83 bits per heavy atom. The third-order valence-corrected chi connectivity index (χ3v) is 3.40. The standard InChI is InChI=1S/C18H20N2O4/c1-12(21)13-5-4-6-14(9-13)19-11-18(22)20-16-10-15(23-2)7-8-17(16)24-3/h4-10,19H,11H2,1-3H3,(H,20,22). The summed E-state index contributed by atoms with van der Waals surface area (Å²) >= 11 is 0. The van der Waals surface area contributed by atoms with Crippen LogP contribution < -0.4 is 20.1 Å². The predicted molar refractivity (Wildman–Crippen MR) is 93.1 cm³/mol. The van der Waals surface area contributed by atoms with Gasteiger partial charge in [-0.15, -0.1) is 0 Å². The number of carbonyl (C=O) groups is 2. The molecular weight excluding hydrogens is 308 g/mol. The third-order valence-electron chi connectivity index (χ3n) is 3.40. The Labute approximate surface area is 140 Å². The van der Waals surface area contributed by atoms with Gasteiger partial charge in [0.2, 0.25) is 5.91 Å². The molecule has 6 nitrogen and oxygen atoms in total. The Balaban J connectivity index is 2.01. The SMILES string of the molecule is COc1ccc(OC)c(NC(=O)CNc2cccc(C(C)=O)c2)c1. The number of ether oxygens (including phenoxy) is 2. The lowest BCUT2D eigenvalue weighted by atomic mass is 10.1. The van der Waals surface area contributed by atoms with Gasteiger partial charge in [0.15, 0.2) is 5.78 Å². The number of rotatable bonds is 7. The van der Waals surface area contributed by atoms with Crippen LogP contribution >= 0.6 is 0 Å². The van der Waals surface area contributed by atoms with Gasteiger partial charge in [-0.05, 0) is 31.2 Å². The molecule has 0 spiro atoms. The van der Waals surface area contributed by atoms with Crippen LogP contribution in [0.2, 0.25) is 0 Å². The Kier molecular flexibility index (Phi) is 5.78. The molecule has 0 fully saturated rings. The first-order chi connectivity index (χ1) is 11.5. The molecule has 0 unspecified atom stereocenters. The third kappa shape index (κ3) is 4.49. The van der Waals surface area contributed by atoms with E-state index in [9.17, 15) is 9.59 Å². The van der Waals surface area contributed by atoms with Crippen LogP contribution in [0, 0.1) is 0 Å². The van der Waals surface area contributed by atoms with Crippen molar-refractivity contribution in [2.45, 2.75) is 6.92 Å². The largest absolute Gasteiger partial charge is 0.497 e. The fraction of sp³-hybridized carbons (Fsp3) is 0.222. The van der Waals surface area contributed by atoms with Crippen LogP contribution in [0.25, 0.3) is 0 Å². The molecule has 0 aliphatic carbocycles. The number of nitrogens with one attached hydrogen (secondary N) is 2. The second-order valence-electron chi connectivity index (χ2n) is 5.10. The van der Waals surface area contributed by atoms with Crippen LogP contribution in [-0.4, -0.2) is 32.5 Å². The van der Waals surface area contributed by atoms with Crippen molar-refractivity contribution in [3.63, 3.8) is 0 Å². The topological polar surface area (TPSA) is 76.7 Å². The maximum absolute atomic E-state index is 12.1. The van der Waals surface area contributed by atoms with Crippen LogP contribution in [0.4, 0.5) is 11.4 Å². The first-order valence-corrected chi connectivity index (χ1v) is 7.40. The molecule has 2 rings (SSSR count). The van der Waals surface area contributed by atoms with E-state index in [0.29, 0.717) is 28.4 Å². The maximum Gasteiger partial charge on any atom is 0.243 e. The fourth-order valence-corrected chi connectivity index (χ4v) is 2.14. The Morgan fingerprint density at radius 1 is 1.04 bits per heavy atom. The van der Waals surface area contributed by atoms with Gasteiger partial charge < -0.3 is 20.1 Å². The summed E-state index contributed by atoms with van der Waals surface area (Å²) < 4.78 is 10.4. The first-order valence-electron chi connectivity index (χ1n) is 7.40. The van der Waals surface area contributed by atoms with Crippen molar-refractivity contribution in [1.82, 2.24) is 0 Å². The first kappa shape index (κ1) is 17.3. The van der Waals surface area contributed by atoms with Gasteiger partial charge in [0.25, 0.3) is 0 Å². The van der Waals surface area contributed by atoms with Crippen LogP contribution in [0.15, 0.2) is 42.5 Å². The average Bonchev–Trinajstić information content (AvgIpc) is 2.60. The number of benzene rings is 2. The summed E-state index contributed by atoms with van der Waals surface area (Å²) in [4.78, 5) is 23.5. The molecule has 0 atom stereocenters. The highest BCUT2D eigenvalue weighted by molar-refractivity contribution is 5.96. The molecule has 2 aromatic rings. The summed E-state index contributed by atoms with van der Waals surface area (Å²) in [7, 11) is 3.08. The molecule has 0 radical (unpaired) electrons. The van der Waals surface area contributed by atoms with Crippen molar-refractivity contribution in [1.29, 1.82) is 0 Å². The van der Waals surface area contributed by atoms with Crippen molar-refractivity contribution in [2.24, 2.45) is 0 Å². The van der Waals surface area contributed by atoms with Crippen LogP contribution in [0.5, 0.6) is 11.5 Å². The monoisotopic (exact) mass is 328 g/mol. The Morgan fingerprint density at radius 3 is 2.50 bits per heavy atom. The number of hydrogen-bond acceptors (Lipinski definition) is 5. The van der Waals surface area contributed by atoms with E-state index in [1.165, 1.54) is 14.0 Å². The van der Waals surface area contributed by atoms with Gasteiger partial charge in [0.05, 0.1) is 26.5 Å². The predicted octanol–water partition coefficient (Wildman–Crippen LogP) is 2.96. The highest BCUT2D eigenvalue weighted by atomic mass is 16.5. The van der Waals surface area contributed by atoms with Crippen molar-refractivity contribution < 1.29 is 19.1 Å². The van der Waals surface area contributed by atoms with Gasteiger partial charge in [0.1, 0.15) is 11.5 Å². The molecule has 0 bridgehead atoms. The van der Waals surface area contributed by atoms with Crippen LogP contribution in [-0.2, 0) is 4.79 Å². The van der Waals surface area contributed by atoms with Crippen molar-refractivity contribution in [3.05, 3.63) is 48.0 Å². The van der Waals surface area contributed by atoms with Crippen LogP contribution in [0.3, 0.4) is 0 Å². The number of carbonyl (C=O) groups excluding carboxylic acids is 2. The molecule has 0 aromatic heterocycles. The number of amides is 1. The number of hydrogen-bond donors (Lipinski definition) is 2. The maximum atomic E-state index is 12.1. The molecule has 0 heterocycles. The molecule has 0 saturated carbocycles. The second kappa shape index (κ2) is 8.01. The van der Waals surface area contributed by atoms with Crippen molar-refractivity contribution >= 4 is 23.1 Å². The molecule has 0 saturated heterocycles. The molecule has 0 aliphatic heterocycles. The van der Waals surface area contributed by atoms with E-state index in [1.807, 2.05) is 0 Å². The van der Waals surface area contributed by atoms with Crippen molar-refractivity contribution in [3.8, 4) is 11.5 Å². The van der Waals surface area contributed by atoms with E-state index < -0.39 is 0 Å². The highest BCUT2D eigenvalue weighted by Gasteiger charge is 2.09. The Hall–Kier alpha value is -3.02. The van der Waals surface area contributed by atoms with Gasteiger partial charge in [-0.1, -0.05) is 12.1 Å². The van der Waals surface area contributed by atoms with Gasteiger partial charge in [0, 0.05) is 17.3 Å². The zero-order valence-corrected chi connectivity index (χ0v) is 13.9. The van der Waals surface area contributed by atoms with E-state index >= 15 is 0 Å². The molecule has 24 heavy (non-hydrogen) atoms. The minimum atomic E-state index is -0.241. The minimum absolute atomic E-state index is 0.0239. The van der Waals surface area contributed by atoms with Gasteiger partial charge in [-0.2, -0.15) is 0 Å². The number of ketones is 1. The highest BCUT2D eigenvalue weighted by Crippen LogP contribution is 2.28. The zero-order chi connectivity index (χ0) is 17.5. The van der Waals surface area contributed by atoms with E-state index in [-0.39, 0.29) is 18.2 Å². The summed E-state index contributed by atoms with van der Waals surface area (Å²) in [6.07, 6.45) is 0. The fourth-order valence-electron chi connectivity index (χ4n) is 2.14. The molecular formula is C18H20N2O4. The van der Waals surface area contributed by atoms with Gasteiger partial charge in [-0.3, -0.25) is 9.59 Å². The normalized spacial score (nSPS) is 9.96. The number of Topliss-reactive ketones (excluding diaryl/α,β-unsaturated/α-hetero) is 1. The number of anilines is 2. The summed E-state index contributed by atoms with van der Waals surface area (Å²) in [6, 6.07) is 12.2. The molecule has 1 amide bonds. The van der Waals surface area contributed by atoms with E-state index in [4.69, 9.17) is 9.47 Å². The Bertz CT molecular complexity index is 744. The smallest absolute Gasteiger partial charge is 0.243 e. The average molecular weight is 328 g/mol. The summed E-state index contributed by atoms with van der Waals surface area (Å²) in [5.74, 6) is 0.898. The van der Waals surface area contributed by atoms with Gasteiger partial charge in [-0.25, -0.2) is 0 Å². The quantitative estimate of drug-likeness (QED) is 0.764. The lowest BCUT2D eigenvalue weighted by Gasteiger charge is -2.12. The summed E-state index contributed by atoms with van der Waals surface area (Å²) in [5, 5.41) is 5.76. The van der Waals surface area contributed by atoms with Crippen LogP contribution in [0.1, 0.15) is 17.3 Å².